The smallest absolute Gasteiger partial charge is 0.121 e. The van der Waals surface area contributed by atoms with Crippen LogP contribution in [-0.4, -0.2) is 33.2 Å². The number of anilines is 1. The third kappa shape index (κ3) is 9.31. The van der Waals surface area contributed by atoms with Crippen molar-refractivity contribution < 1.29 is 4.74 Å². The summed E-state index contributed by atoms with van der Waals surface area (Å²) in [4.78, 5) is 2.18. The quantitative estimate of drug-likeness (QED) is 0.581. The summed E-state index contributed by atoms with van der Waals surface area (Å²) in [5, 5.41) is 3.10. The van der Waals surface area contributed by atoms with Crippen LogP contribution in [0.15, 0.2) is 72.8 Å². The zero-order valence-corrected chi connectivity index (χ0v) is 19.0. The van der Waals surface area contributed by atoms with Gasteiger partial charge in [0.05, 0.1) is 7.11 Å². The van der Waals surface area contributed by atoms with Crippen molar-refractivity contribution in [1.29, 1.82) is 0 Å². The number of ether oxygens (including phenoxy) is 1. The fraction of sp³-hybridized carbons (Fsp3) is 0.308. The van der Waals surface area contributed by atoms with Gasteiger partial charge in [-0.05, 0) is 69.3 Å². The molecule has 0 atom stereocenters. The van der Waals surface area contributed by atoms with Gasteiger partial charge in [-0.1, -0.05) is 60.7 Å². The second-order valence-electron chi connectivity index (χ2n) is 7.20. The molecule has 0 unspecified atom stereocenters. The molecule has 156 valence electrons. The van der Waals surface area contributed by atoms with Crippen molar-refractivity contribution in [1.82, 2.24) is 4.90 Å². The molecule has 0 aliphatic heterocycles. The van der Waals surface area contributed by atoms with Crippen molar-refractivity contribution in [2.45, 2.75) is 27.3 Å². The third-order valence-corrected chi connectivity index (χ3v) is 4.48. The van der Waals surface area contributed by atoms with E-state index < -0.39 is 0 Å². The van der Waals surface area contributed by atoms with Crippen LogP contribution in [0.1, 0.15) is 22.3 Å². The number of hydrogen-bond acceptors (Lipinski definition) is 3. The molecule has 1 N–H and O–H groups in total. The molecule has 0 amide bonds. The summed E-state index contributed by atoms with van der Waals surface area (Å²) in [6, 6.07) is 24.7. The maximum absolute atomic E-state index is 5.04. The van der Waals surface area contributed by atoms with Gasteiger partial charge in [0, 0.05) is 19.3 Å². The standard InChI is InChI=1S/C10H15N.C8H11N.C8H10O/c1-9-6-4-5-7-10(9)8-11(2)3;2*1-7-5-3-4-6-8(7)9-2/h4-7H,8H2,1-3H3;3-6,9H,1-2H3;3-6H,1-2H3. The number of benzene rings is 3. The van der Waals surface area contributed by atoms with Gasteiger partial charge in [0.1, 0.15) is 5.75 Å². The molecule has 0 bridgehead atoms. The molecule has 3 rings (SSSR count). The van der Waals surface area contributed by atoms with Gasteiger partial charge in [-0.25, -0.2) is 0 Å². The van der Waals surface area contributed by atoms with Crippen molar-refractivity contribution >= 4 is 5.69 Å². The minimum Gasteiger partial charge on any atom is -0.496 e. The lowest BCUT2D eigenvalue weighted by Crippen LogP contribution is -2.11. The van der Waals surface area contributed by atoms with E-state index in [0.29, 0.717) is 0 Å². The Morgan fingerprint density at radius 2 is 1.24 bits per heavy atom. The van der Waals surface area contributed by atoms with Gasteiger partial charge in [-0.2, -0.15) is 0 Å². The molecule has 0 aliphatic carbocycles. The molecule has 3 heteroatoms. The predicted molar refractivity (Wildman–Crippen MR) is 127 cm³/mol. The van der Waals surface area contributed by atoms with Crippen molar-refractivity contribution in [3.63, 3.8) is 0 Å². The second-order valence-corrected chi connectivity index (χ2v) is 7.20. The van der Waals surface area contributed by atoms with Crippen LogP contribution in [0, 0.1) is 20.8 Å². The fourth-order valence-corrected chi connectivity index (χ4v) is 2.77. The highest BCUT2D eigenvalue weighted by atomic mass is 16.5. The van der Waals surface area contributed by atoms with Crippen LogP contribution < -0.4 is 10.1 Å². The Kier molecular flexibility index (Phi) is 11.2. The molecule has 0 saturated heterocycles. The Bertz CT molecular complexity index is 798. The lowest BCUT2D eigenvalue weighted by molar-refractivity contribution is 0.401. The highest BCUT2D eigenvalue weighted by Gasteiger charge is 1.96. The van der Waals surface area contributed by atoms with Gasteiger partial charge in [-0.15, -0.1) is 0 Å². The Morgan fingerprint density at radius 1 is 0.724 bits per heavy atom. The molecule has 29 heavy (non-hydrogen) atoms. The first-order valence-electron chi connectivity index (χ1n) is 9.91. The number of aryl methyl sites for hydroxylation is 3. The molecule has 0 aromatic heterocycles. The Hall–Kier alpha value is -2.78. The van der Waals surface area contributed by atoms with Crippen molar-refractivity contribution in [3.05, 3.63) is 95.1 Å². The minimum atomic E-state index is 0.956. The number of rotatable bonds is 4. The lowest BCUT2D eigenvalue weighted by Gasteiger charge is -2.11. The van der Waals surface area contributed by atoms with E-state index in [9.17, 15) is 0 Å². The van der Waals surface area contributed by atoms with E-state index in [1.54, 1.807) is 7.11 Å². The number of hydrogen-bond donors (Lipinski definition) is 1. The van der Waals surface area contributed by atoms with Crippen molar-refractivity contribution in [2.24, 2.45) is 0 Å². The van der Waals surface area contributed by atoms with Crippen LogP contribution in [0.5, 0.6) is 5.75 Å². The maximum atomic E-state index is 5.04. The predicted octanol–water partition coefficient (Wildman–Crippen LogP) is 6.10. The molecule has 0 aliphatic rings. The fourth-order valence-electron chi connectivity index (χ4n) is 2.77. The van der Waals surface area contributed by atoms with E-state index in [1.165, 1.54) is 27.9 Å². The van der Waals surface area contributed by atoms with Crippen molar-refractivity contribution in [3.8, 4) is 5.75 Å². The molecule has 0 heterocycles. The summed E-state index contributed by atoms with van der Waals surface area (Å²) < 4.78 is 5.04. The summed E-state index contributed by atoms with van der Waals surface area (Å²) in [6.07, 6.45) is 0. The first-order valence-corrected chi connectivity index (χ1v) is 9.91. The molecular formula is C26H36N2O. The van der Waals surface area contributed by atoms with E-state index in [-0.39, 0.29) is 0 Å². The first kappa shape index (κ1) is 24.3. The maximum Gasteiger partial charge on any atom is 0.121 e. The first-order chi connectivity index (χ1) is 13.9. The molecular weight excluding hydrogens is 356 g/mol. The summed E-state index contributed by atoms with van der Waals surface area (Å²) in [5.41, 5.74) is 6.47. The summed E-state index contributed by atoms with van der Waals surface area (Å²) in [6.45, 7) is 7.30. The van der Waals surface area contributed by atoms with E-state index in [1.807, 2.05) is 50.4 Å². The van der Waals surface area contributed by atoms with E-state index in [0.717, 1.165) is 12.3 Å². The average molecular weight is 393 g/mol. The van der Waals surface area contributed by atoms with Crippen LogP contribution in [0.4, 0.5) is 5.69 Å². The highest BCUT2D eigenvalue weighted by molar-refractivity contribution is 5.49. The van der Waals surface area contributed by atoms with Crippen molar-refractivity contribution in [2.75, 3.05) is 33.6 Å². The van der Waals surface area contributed by atoms with Crippen LogP contribution >= 0.6 is 0 Å². The lowest BCUT2D eigenvalue weighted by atomic mass is 10.1. The third-order valence-electron chi connectivity index (χ3n) is 4.48. The molecule has 0 spiro atoms. The Balaban J connectivity index is 0.000000219. The molecule has 3 aromatic rings. The van der Waals surface area contributed by atoms with Gasteiger partial charge < -0.3 is 15.0 Å². The summed E-state index contributed by atoms with van der Waals surface area (Å²) in [5.74, 6) is 0.956. The number of para-hydroxylation sites is 2. The van der Waals surface area contributed by atoms with Gasteiger partial charge in [0.2, 0.25) is 0 Å². The van der Waals surface area contributed by atoms with Gasteiger partial charge >= 0.3 is 0 Å². The zero-order valence-electron chi connectivity index (χ0n) is 19.0. The Morgan fingerprint density at radius 3 is 1.66 bits per heavy atom. The van der Waals surface area contributed by atoms with E-state index in [2.05, 4.69) is 74.6 Å². The van der Waals surface area contributed by atoms with Crippen LogP contribution in [0.25, 0.3) is 0 Å². The topological polar surface area (TPSA) is 24.5 Å². The van der Waals surface area contributed by atoms with E-state index in [4.69, 9.17) is 4.74 Å². The number of nitrogens with zero attached hydrogens (tertiary/aromatic N) is 1. The van der Waals surface area contributed by atoms with Gasteiger partial charge in [0.15, 0.2) is 0 Å². The number of nitrogens with one attached hydrogen (secondary N) is 1. The molecule has 3 nitrogen and oxygen atoms in total. The SMILES string of the molecule is CNc1ccccc1C.COc1ccccc1C.Cc1ccccc1CN(C)C. The average Bonchev–Trinajstić information content (AvgIpc) is 2.71. The zero-order chi connectivity index (χ0) is 21.6. The second kappa shape index (κ2) is 13.4. The monoisotopic (exact) mass is 392 g/mol. The number of methoxy groups -OCH3 is 1. The summed E-state index contributed by atoms with van der Waals surface area (Å²) >= 11 is 0. The normalized spacial score (nSPS) is 9.66. The Labute approximate surface area is 177 Å². The highest BCUT2D eigenvalue weighted by Crippen LogP contribution is 2.14. The van der Waals surface area contributed by atoms with Crippen LogP contribution in [0.3, 0.4) is 0 Å². The van der Waals surface area contributed by atoms with Crippen LogP contribution in [0.2, 0.25) is 0 Å². The van der Waals surface area contributed by atoms with Gasteiger partial charge in [-0.3, -0.25) is 0 Å². The van der Waals surface area contributed by atoms with Crippen LogP contribution in [-0.2, 0) is 6.54 Å². The molecule has 0 saturated carbocycles. The summed E-state index contributed by atoms with van der Waals surface area (Å²) in [7, 11) is 7.80. The molecule has 3 aromatic carbocycles. The van der Waals surface area contributed by atoms with Gasteiger partial charge in [0.25, 0.3) is 0 Å². The molecule has 0 radical (unpaired) electrons. The van der Waals surface area contributed by atoms with E-state index >= 15 is 0 Å². The minimum absolute atomic E-state index is 0.956. The largest absolute Gasteiger partial charge is 0.496 e. The molecule has 0 fully saturated rings.